The SMILES string of the molecule is CC(C)(C)C(NCc1ccc(Cl)s1)c1ccc(F)cc1. The van der Waals surface area contributed by atoms with E-state index in [2.05, 4.69) is 26.1 Å². The van der Waals surface area contributed by atoms with Crippen LogP contribution in [0.25, 0.3) is 0 Å². The van der Waals surface area contributed by atoms with E-state index in [0.29, 0.717) is 0 Å². The summed E-state index contributed by atoms with van der Waals surface area (Å²) < 4.78 is 13.9. The van der Waals surface area contributed by atoms with E-state index in [4.69, 9.17) is 11.6 Å². The van der Waals surface area contributed by atoms with Gasteiger partial charge in [0, 0.05) is 17.5 Å². The molecule has 1 N–H and O–H groups in total. The molecule has 0 fully saturated rings. The second-order valence-corrected chi connectivity index (χ2v) is 7.74. The minimum absolute atomic E-state index is 0.0406. The molecule has 0 saturated heterocycles. The molecule has 2 rings (SSSR count). The van der Waals surface area contributed by atoms with E-state index in [-0.39, 0.29) is 17.3 Å². The third kappa shape index (κ3) is 4.05. The number of rotatable bonds is 4. The molecule has 0 spiro atoms. The molecular weight excluding hydrogens is 293 g/mol. The summed E-state index contributed by atoms with van der Waals surface area (Å²) in [6.07, 6.45) is 0. The Balaban J connectivity index is 2.14. The number of hydrogen-bond acceptors (Lipinski definition) is 2. The first-order valence-electron chi connectivity index (χ1n) is 6.59. The molecule has 1 aromatic carbocycles. The third-order valence-electron chi connectivity index (χ3n) is 3.18. The highest BCUT2D eigenvalue weighted by atomic mass is 35.5. The summed E-state index contributed by atoms with van der Waals surface area (Å²) in [5.74, 6) is -0.202. The van der Waals surface area contributed by atoms with Crippen molar-refractivity contribution in [3.8, 4) is 0 Å². The minimum atomic E-state index is -0.202. The van der Waals surface area contributed by atoms with E-state index < -0.39 is 0 Å². The normalized spacial score (nSPS) is 13.4. The lowest BCUT2D eigenvalue weighted by Gasteiger charge is -2.32. The predicted octanol–water partition coefficient (Wildman–Crippen LogP) is 5.42. The summed E-state index contributed by atoms with van der Waals surface area (Å²) in [6.45, 7) is 7.29. The average Bonchev–Trinajstić information content (AvgIpc) is 2.76. The van der Waals surface area contributed by atoms with Gasteiger partial charge in [-0.3, -0.25) is 0 Å². The maximum absolute atomic E-state index is 13.1. The Hall–Kier alpha value is -0.900. The number of thiophene rings is 1. The van der Waals surface area contributed by atoms with E-state index in [0.717, 1.165) is 16.4 Å². The predicted molar refractivity (Wildman–Crippen MR) is 84.8 cm³/mol. The molecule has 1 unspecified atom stereocenters. The van der Waals surface area contributed by atoms with Crippen LogP contribution >= 0.6 is 22.9 Å². The van der Waals surface area contributed by atoms with Gasteiger partial charge >= 0.3 is 0 Å². The zero-order valence-electron chi connectivity index (χ0n) is 11.9. The van der Waals surface area contributed by atoms with Gasteiger partial charge in [-0.05, 0) is 35.2 Å². The zero-order chi connectivity index (χ0) is 14.8. The Kier molecular flexibility index (Phi) is 4.84. The summed E-state index contributed by atoms with van der Waals surface area (Å²) in [4.78, 5) is 1.20. The van der Waals surface area contributed by atoms with Gasteiger partial charge in [0.05, 0.1) is 4.34 Å². The Labute approximate surface area is 128 Å². The van der Waals surface area contributed by atoms with Gasteiger partial charge in [-0.15, -0.1) is 11.3 Å². The molecule has 4 heteroatoms. The van der Waals surface area contributed by atoms with Gasteiger partial charge in [-0.25, -0.2) is 4.39 Å². The minimum Gasteiger partial charge on any atom is -0.305 e. The van der Waals surface area contributed by atoms with E-state index >= 15 is 0 Å². The van der Waals surface area contributed by atoms with Crippen molar-refractivity contribution in [2.24, 2.45) is 5.41 Å². The molecule has 0 aliphatic heterocycles. The van der Waals surface area contributed by atoms with Gasteiger partial charge < -0.3 is 5.32 Å². The van der Waals surface area contributed by atoms with E-state index in [1.165, 1.54) is 17.0 Å². The molecule has 2 aromatic rings. The molecule has 1 heterocycles. The standard InChI is InChI=1S/C16H19ClFNS/c1-16(2,3)15(11-4-6-12(18)7-5-11)19-10-13-8-9-14(17)20-13/h4-9,15,19H,10H2,1-3H3. The van der Waals surface area contributed by atoms with Crippen LogP contribution in [0.2, 0.25) is 4.34 Å². The van der Waals surface area contributed by atoms with Gasteiger partial charge in [-0.1, -0.05) is 44.5 Å². The summed E-state index contributed by atoms with van der Waals surface area (Å²) in [5.41, 5.74) is 1.14. The highest BCUT2D eigenvalue weighted by Gasteiger charge is 2.25. The van der Waals surface area contributed by atoms with Crippen molar-refractivity contribution in [2.45, 2.75) is 33.4 Å². The molecular formula is C16H19ClFNS. The van der Waals surface area contributed by atoms with E-state index in [1.807, 2.05) is 24.3 Å². The van der Waals surface area contributed by atoms with Crippen molar-refractivity contribution < 1.29 is 4.39 Å². The van der Waals surface area contributed by atoms with E-state index in [9.17, 15) is 4.39 Å². The highest BCUT2D eigenvalue weighted by molar-refractivity contribution is 7.16. The molecule has 0 aliphatic carbocycles. The third-order valence-corrected chi connectivity index (χ3v) is 4.41. The second-order valence-electron chi connectivity index (χ2n) is 5.94. The summed E-state index contributed by atoms with van der Waals surface area (Å²) >= 11 is 7.53. The van der Waals surface area contributed by atoms with Crippen molar-refractivity contribution in [3.05, 3.63) is 57.0 Å². The van der Waals surface area contributed by atoms with Crippen molar-refractivity contribution in [2.75, 3.05) is 0 Å². The molecule has 20 heavy (non-hydrogen) atoms. The largest absolute Gasteiger partial charge is 0.305 e. The van der Waals surface area contributed by atoms with Crippen LogP contribution in [0, 0.1) is 11.2 Å². The molecule has 0 amide bonds. The van der Waals surface area contributed by atoms with Crippen LogP contribution in [0.1, 0.15) is 37.3 Å². The van der Waals surface area contributed by atoms with E-state index in [1.54, 1.807) is 11.3 Å². The van der Waals surface area contributed by atoms with Crippen LogP contribution in [0.5, 0.6) is 0 Å². The first-order chi connectivity index (χ1) is 9.36. The zero-order valence-corrected chi connectivity index (χ0v) is 13.5. The number of hydrogen-bond donors (Lipinski definition) is 1. The van der Waals surface area contributed by atoms with Crippen molar-refractivity contribution in [1.29, 1.82) is 0 Å². The number of benzene rings is 1. The van der Waals surface area contributed by atoms with Gasteiger partial charge in [-0.2, -0.15) is 0 Å². The van der Waals surface area contributed by atoms with Gasteiger partial charge in [0.1, 0.15) is 5.82 Å². The lowest BCUT2D eigenvalue weighted by molar-refractivity contribution is 0.271. The fourth-order valence-corrected chi connectivity index (χ4v) is 3.27. The Morgan fingerprint density at radius 3 is 2.30 bits per heavy atom. The molecule has 1 nitrogen and oxygen atoms in total. The topological polar surface area (TPSA) is 12.0 Å². The maximum atomic E-state index is 13.1. The fraction of sp³-hybridized carbons (Fsp3) is 0.375. The van der Waals surface area contributed by atoms with Crippen LogP contribution in [0.4, 0.5) is 4.39 Å². The fourth-order valence-electron chi connectivity index (χ4n) is 2.23. The van der Waals surface area contributed by atoms with Crippen LogP contribution in [0.3, 0.4) is 0 Å². The summed E-state index contributed by atoms with van der Waals surface area (Å²) in [5, 5.41) is 3.55. The van der Waals surface area contributed by atoms with Crippen molar-refractivity contribution in [1.82, 2.24) is 5.32 Å². The molecule has 0 radical (unpaired) electrons. The molecule has 1 atom stereocenters. The average molecular weight is 312 g/mol. The quantitative estimate of drug-likeness (QED) is 0.795. The Morgan fingerprint density at radius 2 is 1.80 bits per heavy atom. The lowest BCUT2D eigenvalue weighted by atomic mass is 9.82. The Bertz CT molecular complexity index is 557. The van der Waals surface area contributed by atoms with Crippen LogP contribution < -0.4 is 5.32 Å². The first kappa shape index (κ1) is 15.5. The Morgan fingerprint density at radius 1 is 1.15 bits per heavy atom. The molecule has 108 valence electrons. The monoisotopic (exact) mass is 311 g/mol. The van der Waals surface area contributed by atoms with Crippen LogP contribution in [-0.4, -0.2) is 0 Å². The highest BCUT2D eigenvalue weighted by Crippen LogP contribution is 2.33. The number of nitrogens with one attached hydrogen (secondary N) is 1. The van der Waals surface area contributed by atoms with Crippen molar-refractivity contribution >= 4 is 22.9 Å². The van der Waals surface area contributed by atoms with Crippen LogP contribution in [-0.2, 0) is 6.54 Å². The molecule has 0 aliphatic rings. The molecule has 0 bridgehead atoms. The van der Waals surface area contributed by atoms with Gasteiger partial charge in [0.15, 0.2) is 0 Å². The summed E-state index contributed by atoms with van der Waals surface area (Å²) in [6, 6.07) is 10.8. The maximum Gasteiger partial charge on any atom is 0.123 e. The lowest BCUT2D eigenvalue weighted by Crippen LogP contribution is -2.31. The van der Waals surface area contributed by atoms with Crippen LogP contribution in [0.15, 0.2) is 36.4 Å². The molecule has 0 saturated carbocycles. The first-order valence-corrected chi connectivity index (χ1v) is 7.79. The smallest absolute Gasteiger partial charge is 0.123 e. The summed E-state index contributed by atoms with van der Waals surface area (Å²) in [7, 11) is 0. The second kappa shape index (κ2) is 6.25. The molecule has 1 aromatic heterocycles. The van der Waals surface area contributed by atoms with Crippen molar-refractivity contribution in [3.63, 3.8) is 0 Å². The van der Waals surface area contributed by atoms with Gasteiger partial charge in [0.25, 0.3) is 0 Å². The van der Waals surface area contributed by atoms with Gasteiger partial charge in [0.2, 0.25) is 0 Å². The number of halogens is 2.